The number of amides is 1. The van der Waals surface area contributed by atoms with Gasteiger partial charge in [-0.25, -0.2) is 18.4 Å². The van der Waals surface area contributed by atoms with E-state index in [4.69, 9.17) is 9.47 Å². The molecular formula is C34H43F3N6O5S. The van der Waals surface area contributed by atoms with Crippen LogP contribution in [0.1, 0.15) is 58.4 Å². The van der Waals surface area contributed by atoms with Gasteiger partial charge in [0, 0.05) is 44.0 Å². The zero-order valence-electron chi connectivity index (χ0n) is 28.1. The molecule has 11 nitrogen and oxygen atoms in total. The number of nitrogens with zero attached hydrogens (tertiary/aromatic N) is 4. The summed E-state index contributed by atoms with van der Waals surface area (Å²) in [7, 11) is -0.768. The fourth-order valence-corrected chi connectivity index (χ4v) is 6.89. The van der Waals surface area contributed by atoms with Crippen molar-refractivity contribution < 1.29 is 35.9 Å². The number of morpholine rings is 1. The van der Waals surface area contributed by atoms with E-state index in [-0.39, 0.29) is 36.4 Å². The van der Waals surface area contributed by atoms with Crippen molar-refractivity contribution in [3.05, 3.63) is 70.5 Å². The Morgan fingerprint density at radius 3 is 2.45 bits per heavy atom. The second-order valence-corrected chi connectivity index (χ2v) is 14.6. The summed E-state index contributed by atoms with van der Waals surface area (Å²) in [4.78, 5) is 23.8. The van der Waals surface area contributed by atoms with Gasteiger partial charge in [0.05, 0.1) is 49.2 Å². The van der Waals surface area contributed by atoms with E-state index < -0.39 is 21.8 Å². The van der Waals surface area contributed by atoms with Gasteiger partial charge in [-0.15, -0.1) is 0 Å². The molecule has 2 fully saturated rings. The Balaban J connectivity index is 1.28. The van der Waals surface area contributed by atoms with Gasteiger partial charge in [0.25, 0.3) is 5.91 Å². The summed E-state index contributed by atoms with van der Waals surface area (Å²) in [5, 5.41) is 6.06. The van der Waals surface area contributed by atoms with Crippen molar-refractivity contribution in [3.8, 4) is 5.75 Å². The molecule has 1 aromatic heterocycles. The van der Waals surface area contributed by atoms with E-state index in [0.717, 1.165) is 74.3 Å². The minimum Gasteiger partial charge on any atom is -0.495 e. The number of sulfonamides is 1. The molecule has 0 spiro atoms. The largest absolute Gasteiger partial charge is 0.495 e. The SMILES string of the molecule is COc1cc(C(=O)NC2CCC(N3CCOCC3)CC2)ccc1Nc1ncc(C(F)(F)F)c(CCc2ccc(C)cc2N(C)S(C)(=O)=O)n1. The van der Waals surface area contributed by atoms with Gasteiger partial charge in [0.2, 0.25) is 16.0 Å². The molecule has 266 valence electrons. The monoisotopic (exact) mass is 704 g/mol. The molecule has 2 aromatic carbocycles. The summed E-state index contributed by atoms with van der Waals surface area (Å²) in [5.41, 5.74) is 1.27. The van der Waals surface area contributed by atoms with E-state index in [9.17, 15) is 26.4 Å². The number of methoxy groups -OCH3 is 1. The van der Waals surface area contributed by atoms with Crippen molar-refractivity contribution in [2.24, 2.45) is 0 Å². The number of aromatic nitrogens is 2. The average Bonchev–Trinajstić information content (AvgIpc) is 3.07. The van der Waals surface area contributed by atoms with Crippen LogP contribution in [0, 0.1) is 6.92 Å². The smallest absolute Gasteiger partial charge is 0.419 e. The van der Waals surface area contributed by atoms with Crippen molar-refractivity contribution in [2.75, 3.05) is 56.3 Å². The third kappa shape index (κ3) is 9.19. The van der Waals surface area contributed by atoms with Gasteiger partial charge in [-0.2, -0.15) is 13.2 Å². The summed E-state index contributed by atoms with van der Waals surface area (Å²) < 4.78 is 78.6. The Morgan fingerprint density at radius 2 is 1.80 bits per heavy atom. The molecule has 3 aromatic rings. The molecule has 0 atom stereocenters. The van der Waals surface area contributed by atoms with Crippen molar-refractivity contribution >= 4 is 33.3 Å². The summed E-state index contributed by atoms with van der Waals surface area (Å²) >= 11 is 0. The van der Waals surface area contributed by atoms with Gasteiger partial charge in [0.1, 0.15) is 5.75 Å². The summed E-state index contributed by atoms with van der Waals surface area (Å²) in [5.74, 6) is -0.0283. The first-order valence-electron chi connectivity index (χ1n) is 16.3. The first kappa shape index (κ1) is 36.3. The van der Waals surface area contributed by atoms with Crippen LogP contribution in [0.3, 0.4) is 0 Å². The molecule has 0 unspecified atom stereocenters. The fraction of sp³-hybridized carbons (Fsp3) is 0.500. The molecule has 1 amide bonds. The minimum absolute atomic E-state index is 0.0651. The number of carbonyl (C=O) groups is 1. The maximum atomic E-state index is 14.0. The first-order valence-corrected chi connectivity index (χ1v) is 18.1. The van der Waals surface area contributed by atoms with Crippen molar-refractivity contribution in [3.63, 3.8) is 0 Å². The number of anilines is 3. The van der Waals surface area contributed by atoms with E-state index in [2.05, 4.69) is 25.5 Å². The Morgan fingerprint density at radius 1 is 1.08 bits per heavy atom. The van der Waals surface area contributed by atoms with Gasteiger partial charge in [-0.3, -0.25) is 14.0 Å². The van der Waals surface area contributed by atoms with Crippen LogP contribution < -0.4 is 19.7 Å². The Labute approximate surface area is 285 Å². The zero-order valence-corrected chi connectivity index (χ0v) is 29.0. The van der Waals surface area contributed by atoms with Crippen LogP contribution in [0.25, 0.3) is 0 Å². The van der Waals surface area contributed by atoms with Crippen LogP contribution in [-0.4, -0.2) is 88.0 Å². The average molecular weight is 705 g/mol. The topological polar surface area (TPSA) is 126 Å². The van der Waals surface area contributed by atoms with Crippen LogP contribution in [0.2, 0.25) is 0 Å². The summed E-state index contributed by atoms with van der Waals surface area (Å²) in [6.07, 6.45) is 0.839. The summed E-state index contributed by atoms with van der Waals surface area (Å²) in [6.45, 7) is 5.22. The number of halogens is 3. The normalized spacial score (nSPS) is 18.9. The van der Waals surface area contributed by atoms with E-state index in [1.807, 2.05) is 0 Å². The van der Waals surface area contributed by atoms with Crippen LogP contribution >= 0.6 is 0 Å². The lowest BCUT2D eigenvalue weighted by molar-refractivity contribution is -0.138. The quantitative estimate of drug-likeness (QED) is 0.280. The maximum Gasteiger partial charge on any atom is 0.419 e. The standard InChI is InChI=1S/C34H43F3N6O5S/c1-22-5-6-23(30(19-22)42(2)49(4,45)46)7-13-28-27(34(35,36)37)21-38-33(40-28)41-29-14-8-24(20-31(29)47-3)32(44)39-25-9-11-26(12-10-25)43-15-17-48-18-16-43/h5-6,8,14,19-21,25-26H,7,9-13,15-18H2,1-4H3,(H,39,44)(H,38,40,41). The van der Waals surface area contributed by atoms with E-state index in [1.54, 1.807) is 43.3 Å². The zero-order chi connectivity index (χ0) is 35.3. The number of carbonyl (C=O) groups excluding carboxylic acids is 1. The molecule has 2 heterocycles. The van der Waals surface area contributed by atoms with Crippen LogP contribution in [0.5, 0.6) is 5.75 Å². The molecule has 2 N–H and O–H groups in total. The predicted octanol–water partition coefficient (Wildman–Crippen LogP) is 5.11. The lowest BCUT2D eigenvalue weighted by Gasteiger charge is -2.38. The first-order chi connectivity index (χ1) is 23.2. The molecule has 49 heavy (non-hydrogen) atoms. The predicted molar refractivity (Wildman–Crippen MR) is 181 cm³/mol. The molecule has 1 aliphatic heterocycles. The summed E-state index contributed by atoms with van der Waals surface area (Å²) in [6, 6.07) is 10.5. The number of aryl methyl sites for hydroxylation is 3. The van der Waals surface area contributed by atoms with Crippen molar-refractivity contribution in [1.82, 2.24) is 20.2 Å². The number of rotatable bonds is 11. The molecule has 1 saturated carbocycles. The highest BCUT2D eigenvalue weighted by Crippen LogP contribution is 2.34. The second-order valence-electron chi connectivity index (χ2n) is 12.6. The molecule has 0 bridgehead atoms. The molecular weight excluding hydrogens is 661 g/mol. The highest BCUT2D eigenvalue weighted by atomic mass is 32.2. The van der Waals surface area contributed by atoms with E-state index in [0.29, 0.717) is 34.3 Å². The maximum absolute atomic E-state index is 14.0. The van der Waals surface area contributed by atoms with Gasteiger partial charge in [0.15, 0.2) is 0 Å². The number of alkyl halides is 3. The van der Waals surface area contributed by atoms with Crippen molar-refractivity contribution in [2.45, 2.75) is 63.7 Å². The van der Waals surface area contributed by atoms with Gasteiger partial charge < -0.3 is 20.1 Å². The number of ether oxygens (including phenoxy) is 2. The third-order valence-electron chi connectivity index (χ3n) is 9.19. The van der Waals surface area contributed by atoms with Gasteiger partial charge in [-0.05, 0) is 80.8 Å². The Kier molecular flexibility index (Phi) is 11.3. The number of hydrogen-bond acceptors (Lipinski definition) is 9. The molecule has 15 heteroatoms. The van der Waals surface area contributed by atoms with Crippen LogP contribution in [0.4, 0.5) is 30.5 Å². The molecule has 0 radical (unpaired) electrons. The highest BCUT2D eigenvalue weighted by molar-refractivity contribution is 7.92. The number of hydrogen-bond donors (Lipinski definition) is 2. The fourth-order valence-electron chi connectivity index (χ4n) is 6.37. The van der Waals surface area contributed by atoms with Crippen molar-refractivity contribution in [1.29, 1.82) is 0 Å². The van der Waals surface area contributed by atoms with Crippen LogP contribution in [-0.2, 0) is 33.8 Å². The Bertz CT molecular complexity index is 1740. The molecule has 1 saturated heterocycles. The number of benzene rings is 2. The lowest BCUT2D eigenvalue weighted by Crippen LogP contribution is -2.47. The minimum atomic E-state index is -4.71. The third-order valence-corrected chi connectivity index (χ3v) is 10.4. The second kappa shape index (κ2) is 15.3. The molecule has 2 aliphatic rings. The van der Waals surface area contributed by atoms with Gasteiger partial charge >= 0.3 is 6.18 Å². The number of nitrogens with one attached hydrogen (secondary N) is 2. The Hall–Kier alpha value is -3.95. The van der Waals surface area contributed by atoms with E-state index >= 15 is 0 Å². The van der Waals surface area contributed by atoms with E-state index in [1.165, 1.54) is 14.2 Å². The highest BCUT2D eigenvalue weighted by Gasteiger charge is 2.35. The molecule has 1 aliphatic carbocycles. The van der Waals surface area contributed by atoms with Gasteiger partial charge in [-0.1, -0.05) is 12.1 Å². The van der Waals surface area contributed by atoms with Crippen LogP contribution in [0.15, 0.2) is 42.6 Å². The lowest BCUT2D eigenvalue weighted by atomic mass is 9.89. The molecule has 5 rings (SSSR count).